The number of aliphatic hydroxyl groups is 1. The van der Waals surface area contributed by atoms with Crippen molar-refractivity contribution in [3.8, 4) is 5.69 Å². The molecule has 8 nitrogen and oxygen atoms in total. The molecule has 0 fully saturated rings. The maximum absolute atomic E-state index is 14.7. The van der Waals surface area contributed by atoms with Crippen molar-refractivity contribution < 1.29 is 23.1 Å². The lowest BCUT2D eigenvalue weighted by molar-refractivity contribution is -0.124. The molecule has 4 aromatic rings. The molecule has 2 aromatic carbocycles. The second kappa shape index (κ2) is 7.69. The van der Waals surface area contributed by atoms with E-state index in [-0.39, 0.29) is 17.1 Å². The maximum atomic E-state index is 14.7. The van der Waals surface area contributed by atoms with Crippen LogP contribution in [0.15, 0.2) is 42.7 Å². The molecule has 0 bridgehead atoms. The second-order valence-electron chi connectivity index (χ2n) is 6.71. The summed E-state index contributed by atoms with van der Waals surface area (Å²) in [6.07, 6.45) is -0.606. The molecule has 158 valence electrons. The summed E-state index contributed by atoms with van der Waals surface area (Å²) in [5, 5.41) is 16.6. The quantitative estimate of drug-likeness (QED) is 0.460. The summed E-state index contributed by atoms with van der Waals surface area (Å²) in [7, 11) is 0. The number of nitrogens with one attached hydrogen (secondary N) is 1. The third kappa shape index (κ3) is 3.78. The second-order valence-corrected chi connectivity index (χ2v) is 6.71. The van der Waals surface area contributed by atoms with Gasteiger partial charge in [-0.3, -0.25) is 4.79 Å². The van der Waals surface area contributed by atoms with Crippen LogP contribution in [-0.4, -0.2) is 30.8 Å². The Morgan fingerprint density at radius 2 is 1.84 bits per heavy atom. The predicted molar refractivity (Wildman–Crippen MR) is 106 cm³/mol. The molecule has 4 rings (SSSR count). The number of benzene rings is 2. The van der Waals surface area contributed by atoms with Gasteiger partial charge >= 0.3 is 0 Å². The number of amides is 1. The monoisotopic (exact) mass is 428 g/mol. The Labute approximate surface area is 173 Å². The van der Waals surface area contributed by atoms with Gasteiger partial charge in [0.2, 0.25) is 0 Å². The van der Waals surface area contributed by atoms with Gasteiger partial charge in [-0.25, -0.2) is 27.8 Å². The molecule has 0 saturated heterocycles. The molecule has 11 heteroatoms. The fourth-order valence-corrected chi connectivity index (χ4v) is 3.12. The highest BCUT2D eigenvalue weighted by Crippen LogP contribution is 2.26. The average Bonchev–Trinajstić information content (AvgIpc) is 3.06. The van der Waals surface area contributed by atoms with Crippen LogP contribution in [0.2, 0.25) is 0 Å². The molecule has 0 radical (unpaired) electrons. The van der Waals surface area contributed by atoms with Crippen LogP contribution in [0.4, 0.5) is 24.7 Å². The Bertz CT molecular complexity index is 1300. The van der Waals surface area contributed by atoms with Crippen LogP contribution in [-0.2, 0) is 4.79 Å². The number of anilines is 2. The molecule has 1 atom stereocenters. The minimum Gasteiger partial charge on any atom is -0.382 e. The zero-order valence-corrected chi connectivity index (χ0v) is 16.0. The van der Waals surface area contributed by atoms with Gasteiger partial charge in [-0.05, 0) is 36.8 Å². The molecule has 1 amide bonds. The van der Waals surface area contributed by atoms with Crippen LogP contribution in [0.1, 0.15) is 17.4 Å². The number of hydrogen-bond acceptors (Lipinski definition) is 6. The smallest absolute Gasteiger partial charge is 0.257 e. The van der Waals surface area contributed by atoms with Crippen molar-refractivity contribution in [2.24, 2.45) is 0 Å². The van der Waals surface area contributed by atoms with E-state index >= 15 is 0 Å². The summed E-state index contributed by atoms with van der Waals surface area (Å²) >= 11 is 0. The van der Waals surface area contributed by atoms with E-state index in [2.05, 4.69) is 20.4 Å². The Morgan fingerprint density at radius 1 is 1.13 bits per heavy atom. The topological polar surface area (TPSA) is 119 Å². The number of carbonyl (C=O) groups is 1. The maximum Gasteiger partial charge on any atom is 0.257 e. The summed E-state index contributed by atoms with van der Waals surface area (Å²) in [4.78, 5) is 20.3. The van der Waals surface area contributed by atoms with E-state index in [1.54, 1.807) is 6.92 Å². The molecular weight excluding hydrogens is 413 g/mol. The first kappa shape index (κ1) is 20.3. The largest absolute Gasteiger partial charge is 0.382 e. The Morgan fingerprint density at radius 3 is 2.52 bits per heavy atom. The first-order valence-electron chi connectivity index (χ1n) is 8.95. The number of nitrogen functional groups attached to an aromatic ring is 1. The van der Waals surface area contributed by atoms with Gasteiger partial charge in [-0.1, -0.05) is 0 Å². The number of aliphatic hydroxyl groups excluding tert-OH is 1. The van der Waals surface area contributed by atoms with Gasteiger partial charge < -0.3 is 16.2 Å². The zero-order valence-electron chi connectivity index (χ0n) is 16.0. The lowest BCUT2D eigenvalue weighted by atomic mass is 10.1. The van der Waals surface area contributed by atoms with Crippen LogP contribution in [0.25, 0.3) is 16.7 Å². The normalized spacial score (nSPS) is 12.2. The highest BCUT2D eigenvalue weighted by molar-refractivity contribution is 5.95. The third-order valence-electron chi connectivity index (χ3n) is 4.56. The van der Waals surface area contributed by atoms with Crippen LogP contribution in [0.5, 0.6) is 0 Å². The van der Waals surface area contributed by atoms with Crippen LogP contribution in [0, 0.1) is 24.4 Å². The SMILES string of the molecule is Cc1nn(-c2ccc(NC(=O)[C@H](O)c3cc(F)cc(F)c3)c(F)c2)c2c(N)ncnc12. The molecule has 0 aliphatic rings. The number of fused-ring (bicyclic) bond motifs is 1. The van der Waals surface area contributed by atoms with Gasteiger partial charge in [0.1, 0.15) is 34.8 Å². The average molecular weight is 428 g/mol. The molecule has 0 saturated carbocycles. The van der Waals surface area contributed by atoms with Crippen molar-refractivity contribution in [3.05, 3.63) is 71.4 Å². The van der Waals surface area contributed by atoms with Crippen LogP contribution < -0.4 is 11.1 Å². The Kier molecular flexibility index (Phi) is 5.03. The minimum atomic E-state index is -1.90. The number of halogens is 3. The number of hydrogen-bond donors (Lipinski definition) is 3. The molecule has 2 heterocycles. The zero-order chi connectivity index (χ0) is 22.3. The van der Waals surface area contributed by atoms with Crippen LogP contribution in [0.3, 0.4) is 0 Å². The number of aromatic nitrogens is 4. The van der Waals surface area contributed by atoms with Gasteiger partial charge in [0.05, 0.1) is 17.1 Å². The fourth-order valence-electron chi connectivity index (χ4n) is 3.12. The van der Waals surface area contributed by atoms with Crippen molar-refractivity contribution >= 4 is 28.4 Å². The number of aryl methyl sites for hydroxylation is 1. The highest BCUT2D eigenvalue weighted by Gasteiger charge is 2.21. The van der Waals surface area contributed by atoms with Crippen LogP contribution >= 0.6 is 0 Å². The van der Waals surface area contributed by atoms with Crippen molar-refractivity contribution in [1.82, 2.24) is 19.7 Å². The number of nitrogens with zero attached hydrogens (tertiary/aromatic N) is 4. The van der Waals surface area contributed by atoms with Gasteiger partial charge in [0, 0.05) is 12.1 Å². The van der Waals surface area contributed by atoms with E-state index in [4.69, 9.17) is 5.73 Å². The van der Waals surface area contributed by atoms with E-state index < -0.39 is 29.5 Å². The van der Waals surface area contributed by atoms with Gasteiger partial charge in [-0.2, -0.15) is 5.10 Å². The summed E-state index contributed by atoms with van der Waals surface area (Å²) < 4.78 is 42.7. The first-order valence-corrected chi connectivity index (χ1v) is 8.95. The molecule has 0 spiro atoms. The third-order valence-corrected chi connectivity index (χ3v) is 4.56. The van der Waals surface area contributed by atoms with E-state index in [1.807, 2.05) is 0 Å². The highest BCUT2D eigenvalue weighted by atomic mass is 19.1. The minimum absolute atomic E-state index is 0.161. The molecule has 0 aliphatic carbocycles. The standard InChI is InChI=1S/C20H15F3N6O2/c1-9-16-17(19(24)26-8-25-16)29(28-9)13-2-3-15(14(23)7-13)27-20(31)18(30)10-4-11(21)6-12(22)5-10/h2-8,18,30H,1H3,(H,27,31)(H2,24,25,26)/t18-/m1/s1. The van der Waals surface area contributed by atoms with E-state index in [9.17, 15) is 23.1 Å². The summed E-state index contributed by atoms with van der Waals surface area (Å²) in [6.45, 7) is 1.72. The summed E-state index contributed by atoms with van der Waals surface area (Å²) in [5.41, 5.74) is 7.12. The number of rotatable bonds is 4. The number of carbonyl (C=O) groups excluding carboxylic acids is 1. The van der Waals surface area contributed by atoms with Gasteiger partial charge in [0.25, 0.3) is 5.91 Å². The molecule has 0 unspecified atom stereocenters. The van der Waals surface area contributed by atoms with E-state index in [0.717, 1.165) is 18.2 Å². The van der Waals surface area contributed by atoms with Crippen molar-refractivity contribution in [1.29, 1.82) is 0 Å². The van der Waals surface area contributed by atoms with E-state index in [0.29, 0.717) is 28.5 Å². The lowest BCUT2D eigenvalue weighted by Crippen LogP contribution is -2.21. The van der Waals surface area contributed by atoms with Gasteiger partial charge in [0.15, 0.2) is 11.9 Å². The van der Waals surface area contributed by atoms with Crippen molar-refractivity contribution in [2.75, 3.05) is 11.1 Å². The lowest BCUT2D eigenvalue weighted by Gasteiger charge is -2.13. The first-order chi connectivity index (χ1) is 14.7. The predicted octanol–water partition coefficient (Wildman–Crippen LogP) is 2.80. The fraction of sp³-hybridized carbons (Fsp3) is 0.100. The number of nitrogens with two attached hydrogens (primary N) is 1. The molecule has 31 heavy (non-hydrogen) atoms. The summed E-state index contributed by atoms with van der Waals surface area (Å²) in [6, 6.07) is 6.04. The van der Waals surface area contributed by atoms with Crippen molar-refractivity contribution in [3.63, 3.8) is 0 Å². The molecule has 0 aliphatic heterocycles. The Balaban J connectivity index is 1.62. The molecular formula is C20H15F3N6O2. The van der Waals surface area contributed by atoms with Gasteiger partial charge in [-0.15, -0.1) is 0 Å². The van der Waals surface area contributed by atoms with Crippen molar-refractivity contribution in [2.45, 2.75) is 13.0 Å². The van der Waals surface area contributed by atoms with E-state index in [1.165, 1.54) is 23.1 Å². The molecule has 2 aromatic heterocycles. The molecule has 4 N–H and O–H groups in total. The Hall–Kier alpha value is -3.99. The summed E-state index contributed by atoms with van der Waals surface area (Å²) in [5.74, 6) is -3.64.